The van der Waals surface area contributed by atoms with Crippen molar-refractivity contribution in [2.24, 2.45) is 0 Å². The Balaban J connectivity index is 1.58. The lowest BCUT2D eigenvalue weighted by Crippen LogP contribution is -2.65. The van der Waals surface area contributed by atoms with Gasteiger partial charge >= 0.3 is 0 Å². The molecule has 1 aliphatic heterocycles. The van der Waals surface area contributed by atoms with Crippen LogP contribution in [0.15, 0.2) is 91.0 Å². The monoisotopic (exact) mass is 517 g/mol. The van der Waals surface area contributed by atoms with Crippen molar-refractivity contribution >= 4 is 12.2 Å². The Hall–Kier alpha value is -3.36. The van der Waals surface area contributed by atoms with Gasteiger partial charge < -0.3 is 29.1 Å². The Morgan fingerprint density at radius 3 is 1.76 bits per heavy atom. The number of rotatable bonds is 13. The van der Waals surface area contributed by atoms with Crippen molar-refractivity contribution in [1.29, 1.82) is 0 Å². The molecule has 1 aliphatic rings. The lowest BCUT2D eigenvalue weighted by atomic mass is 9.90. The van der Waals surface area contributed by atoms with E-state index in [1.807, 2.05) is 91.0 Å². The van der Waals surface area contributed by atoms with E-state index in [0.29, 0.717) is 19.8 Å². The van der Waals surface area contributed by atoms with Crippen molar-refractivity contribution in [2.75, 3.05) is 6.61 Å². The minimum atomic E-state index is -0.584. The van der Waals surface area contributed by atoms with E-state index < -0.39 is 30.5 Å². The molecule has 1 N–H and O–H groups in total. The molecule has 7 heteroatoms. The highest BCUT2D eigenvalue weighted by Gasteiger charge is 2.47. The third kappa shape index (κ3) is 8.07. The molecule has 3 aromatic carbocycles. The lowest BCUT2D eigenvalue weighted by Gasteiger charge is -2.46. The van der Waals surface area contributed by atoms with E-state index in [9.17, 15) is 9.59 Å². The fourth-order valence-corrected chi connectivity index (χ4v) is 4.66. The number of benzene rings is 3. The van der Waals surface area contributed by atoms with Gasteiger partial charge in [-0.2, -0.15) is 0 Å². The second kappa shape index (κ2) is 14.5. The van der Waals surface area contributed by atoms with E-state index in [-0.39, 0.29) is 18.9 Å². The van der Waals surface area contributed by atoms with E-state index in [4.69, 9.17) is 18.9 Å². The molecule has 1 heterocycles. The van der Waals surface area contributed by atoms with Crippen LogP contribution in [-0.2, 0) is 48.4 Å². The van der Waals surface area contributed by atoms with Gasteiger partial charge in [0.1, 0.15) is 24.6 Å². The van der Waals surface area contributed by atoms with Crippen LogP contribution in [0, 0.1) is 0 Å². The Morgan fingerprint density at radius 1 is 0.763 bits per heavy atom. The quantitative estimate of drug-likeness (QED) is 0.342. The van der Waals surface area contributed by atoms with Crippen LogP contribution in [0.2, 0.25) is 0 Å². The first kappa shape index (κ1) is 27.7. The van der Waals surface area contributed by atoms with Crippen LogP contribution >= 0.6 is 0 Å². The van der Waals surface area contributed by atoms with E-state index in [1.165, 1.54) is 6.92 Å². The highest BCUT2D eigenvalue weighted by molar-refractivity contribution is 5.73. The van der Waals surface area contributed by atoms with Gasteiger partial charge in [-0.15, -0.1) is 0 Å². The molecule has 1 amide bonds. The van der Waals surface area contributed by atoms with Crippen LogP contribution in [-0.4, -0.2) is 49.3 Å². The molecule has 3 aromatic rings. The van der Waals surface area contributed by atoms with E-state index >= 15 is 0 Å². The molecule has 0 aromatic heterocycles. The van der Waals surface area contributed by atoms with Crippen LogP contribution in [0.3, 0.4) is 0 Å². The third-order valence-electron chi connectivity index (χ3n) is 6.46. The minimum absolute atomic E-state index is 0.108. The topological polar surface area (TPSA) is 83.1 Å². The maximum atomic E-state index is 12.2. The standard InChI is InChI=1S/C31H35NO6/c1-23(34)32-29-27(17-18-33)38-28(22-35-19-24-11-5-2-6-12-24)30(36-20-25-13-7-3-8-14-25)31(29)37-21-26-15-9-4-10-16-26/h2-16,18,27-31H,17,19-22H2,1H3,(H,32,34)/t27-,28-,29+,30-,31-/m1/s1. The van der Waals surface area contributed by atoms with Crippen molar-refractivity contribution in [1.82, 2.24) is 5.32 Å². The summed E-state index contributed by atoms with van der Waals surface area (Å²) >= 11 is 0. The average Bonchev–Trinajstić information content (AvgIpc) is 2.94. The number of amides is 1. The molecular weight excluding hydrogens is 482 g/mol. The Labute approximate surface area is 224 Å². The van der Waals surface area contributed by atoms with Crippen LogP contribution in [0.25, 0.3) is 0 Å². The van der Waals surface area contributed by atoms with Gasteiger partial charge in [-0.1, -0.05) is 91.0 Å². The predicted molar refractivity (Wildman–Crippen MR) is 143 cm³/mol. The first-order chi connectivity index (χ1) is 18.6. The van der Waals surface area contributed by atoms with Gasteiger partial charge in [-0.25, -0.2) is 0 Å². The fourth-order valence-electron chi connectivity index (χ4n) is 4.66. The highest BCUT2D eigenvalue weighted by atomic mass is 16.6. The fraction of sp³-hybridized carbons (Fsp3) is 0.355. The summed E-state index contributed by atoms with van der Waals surface area (Å²) in [4.78, 5) is 23.8. The normalized spacial score (nSPS) is 23.0. The molecular formula is C31H35NO6. The number of carbonyl (C=O) groups is 2. The van der Waals surface area contributed by atoms with Crippen molar-refractivity contribution in [3.05, 3.63) is 108 Å². The highest BCUT2D eigenvalue weighted by Crippen LogP contribution is 2.29. The van der Waals surface area contributed by atoms with E-state index in [2.05, 4.69) is 5.32 Å². The molecule has 5 atom stereocenters. The molecule has 0 bridgehead atoms. The number of hydrogen-bond donors (Lipinski definition) is 1. The molecule has 7 nitrogen and oxygen atoms in total. The predicted octanol–water partition coefficient (Wildman–Crippen LogP) is 4.24. The largest absolute Gasteiger partial charge is 0.374 e. The molecule has 1 fully saturated rings. The summed E-state index contributed by atoms with van der Waals surface area (Å²) < 4.78 is 25.4. The third-order valence-corrected chi connectivity index (χ3v) is 6.46. The van der Waals surface area contributed by atoms with Gasteiger partial charge in [0, 0.05) is 13.3 Å². The SMILES string of the molecule is CC(=O)N[C@@H]1[C@@H](OCc2ccccc2)[C@H](OCc2ccccc2)[C@@H](COCc2ccccc2)O[C@@H]1CC=O. The van der Waals surface area contributed by atoms with Crippen LogP contribution in [0.4, 0.5) is 0 Å². The number of nitrogens with one attached hydrogen (secondary N) is 1. The number of hydrogen-bond acceptors (Lipinski definition) is 6. The number of aldehydes is 1. The van der Waals surface area contributed by atoms with Gasteiger partial charge in [0.05, 0.1) is 38.6 Å². The smallest absolute Gasteiger partial charge is 0.217 e. The van der Waals surface area contributed by atoms with Gasteiger partial charge in [0.15, 0.2) is 0 Å². The summed E-state index contributed by atoms with van der Waals surface area (Å²) in [6.07, 6.45) is -1.32. The first-order valence-corrected chi connectivity index (χ1v) is 12.9. The average molecular weight is 518 g/mol. The Bertz CT molecular complexity index is 1110. The zero-order chi connectivity index (χ0) is 26.6. The van der Waals surface area contributed by atoms with Crippen LogP contribution in [0.5, 0.6) is 0 Å². The first-order valence-electron chi connectivity index (χ1n) is 12.9. The second-order valence-corrected chi connectivity index (χ2v) is 9.36. The molecule has 1 saturated heterocycles. The van der Waals surface area contributed by atoms with Gasteiger partial charge in [-0.3, -0.25) is 4.79 Å². The molecule has 200 valence electrons. The summed E-state index contributed by atoms with van der Waals surface area (Å²) in [5.41, 5.74) is 3.04. The molecule has 0 spiro atoms. The maximum Gasteiger partial charge on any atom is 0.217 e. The van der Waals surface area contributed by atoms with Gasteiger partial charge in [-0.05, 0) is 16.7 Å². The summed E-state index contributed by atoms with van der Waals surface area (Å²) in [6.45, 7) is 2.75. The maximum absolute atomic E-state index is 12.2. The summed E-state index contributed by atoms with van der Waals surface area (Å²) in [6, 6.07) is 29.0. The lowest BCUT2D eigenvalue weighted by molar-refractivity contribution is -0.232. The molecule has 0 aliphatic carbocycles. The van der Waals surface area contributed by atoms with Crippen LogP contribution in [0.1, 0.15) is 30.0 Å². The molecule has 0 unspecified atom stereocenters. The van der Waals surface area contributed by atoms with Crippen molar-refractivity contribution in [2.45, 2.75) is 63.6 Å². The summed E-state index contributed by atoms with van der Waals surface area (Å²) in [5, 5.41) is 2.97. The molecule has 0 radical (unpaired) electrons. The van der Waals surface area contributed by atoms with Crippen molar-refractivity contribution in [3.8, 4) is 0 Å². The Morgan fingerprint density at radius 2 is 1.26 bits per heavy atom. The van der Waals surface area contributed by atoms with Crippen LogP contribution < -0.4 is 5.32 Å². The zero-order valence-corrected chi connectivity index (χ0v) is 21.6. The number of ether oxygens (including phenoxy) is 4. The van der Waals surface area contributed by atoms with Crippen molar-refractivity contribution in [3.63, 3.8) is 0 Å². The summed E-state index contributed by atoms with van der Waals surface area (Å²) in [7, 11) is 0. The number of carbonyl (C=O) groups excluding carboxylic acids is 2. The second-order valence-electron chi connectivity index (χ2n) is 9.36. The van der Waals surface area contributed by atoms with Crippen molar-refractivity contribution < 1.29 is 28.5 Å². The molecule has 4 rings (SSSR count). The minimum Gasteiger partial charge on any atom is -0.374 e. The zero-order valence-electron chi connectivity index (χ0n) is 21.6. The summed E-state index contributed by atoms with van der Waals surface area (Å²) in [5.74, 6) is -0.233. The van der Waals surface area contributed by atoms with Gasteiger partial charge in [0.2, 0.25) is 5.91 Å². The van der Waals surface area contributed by atoms with Gasteiger partial charge in [0.25, 0.3) is 0 Å². The molecule has 38 heavy (non-hydrogen) atoms. The molecule has 0 saturated carbocycles. The van der Waals surface area contributed by atoms with E-state index in [0.717, 1.165) is 23.0 Å². The van der Waals surface area contributed by atoms with E-state index in [1.54, 1.807) is 0 Å². The Kier molecular flexibility index (Phi) is 10.6.